The van der Waals surface area contributed by atoms with Crippen LogP contribution in [0.25, 0.3) is 5.65 Å². The van der Waals surface area contributed by atoms with Gasteiger partial charge in [0.25, 0.3) is 5.88 Å². The Balaban J connectivity index is 2.02. The molecule has 2 aromatic heterocycles. The lowest BCUT2D eigenvalue weighted by molar-refractivity contribution is 0.281. The van der Waals surface area contributed by atoms with E-state index in [1.807, 2.05) is 6.07 Å². The lowest BCUT2D eigenvalue weighted by atomic mass is 10.2. The van der Waals surface area contributed by atoms with E-state index < -0.39 is 0 Å². The number of imidazole rings is 1. The fraction of sp³-hybridized carbons (Fsp3) is 0.0769. The van der Waals surface area contributed by atoms with Gasteiger partial charge in [0.1, 0.15) is 5.75 Å². The highest BCUT2D eigenvalue weighted by Crippen LogP contribution is 2.25. The van der Waals surface area contributed by atoms with Crippen LogP contribution in [0.5, 0.6) is 11.6 Å². The fourth-order valence-corrected chi connectivity index (χ4v) is 1.86. The number of benzene rings is 1. The highest BCUT2D eigenvalue weighted by molar-refractivity contribution is 5.54. The minimum atomic E-state index is -0.0478. The van der Waals surface area contributed by atoms with Gasteiger partial charge in [0.15, 0.2) is 5.82 Å². The molecule has 2 heterocycles. The van der Waals surface area contributed by atoms with Crippen LogP contribution in [-0.2, 0) is 6.61 Å². The standard InChI is InChI=1S/C13H13N5O2/c14-17-11-7-18-5-4-15-12(18)13(16-11)20-10-3-1-2-9(6-10)8-19/h1-7,17,19H,8,14H2. The van der Waals surface area contributed by atoms with Crippen molar-refractivity contribution in [2.24, 2.45) is 5.84 Å². The molecule has 0 saturated carbocycles. The Kier molecular flexibility index (Phi) is 3.20. The number of hydrogen-bond donors (Lipinski definition) is 3. The molecule has 4 N–H and O–H groups in total. The van der Waals surface area contributed by atoms with Crippen LogP contribution in [0.3, 0.4) is 0 Å². The predicted octanol–water partition coefficient (Wildman–Crippen LogP) is 1.30. The first-order chi connectivity index (χ1) is 9.80. The largest absolute Gasteiger partial charge is 0.436 e. The second-order valence-corrected chi connectivity index (χ2v) is 4.14. The molecule has 0 saturated heterocycles. The minimum Gasteiger partial charge on any atom is -0.436 e. The third-order valence-corrected chi connectivity index (χ3v) is 2.79. The van der Waals surface area contributed by atoms with Gasteiger partial charge >= 0.3 is 0 Å². The zero-order chi connectivity index (χ0) is 13.9. The second kappa shape index (κ2) is 5.16. The van der Waals surface area contributed by atoms with Crippen LogP contribution in [0.4, 0.5) is 5.82 Å². The number of nitrogen functional groups attached to an aromatic ring is 1. The summed E-state index contributed by atoms with van der Waals surface area (Å²) in [5.41, 5.74) is 3.82. The molecule has 0 atom stereocenters. The molecule has 0 aliphatic heterocycles. The number of ether oxygens (including phenoxy) is 1. The summed E-state index contributed by atoms with van der Waals surface area (Å²) in [5.74, 6) is 6.75. The molecular formula is C13H13N5O2. The summed E-state index contributed by atoms with van der Waals surface area (Å²) < 4.78 is 7.49. The monoisotopic (exact) mass is 271 g/mol. The summed E-state index contributed by atoms with van der Waals surface area (Å²) in [4.78, 5) is 8.43. The molecule has 0 aliphatic rings. The summed E-state index contributed by atoms with van der Waals surface area (Å²) in [6, 6.07) is 7.13. The summed E-state index contributed by atoms with van der Waals surface area (Å²) in [6.07, 6.45) is 5.13. The van der Waals surface area contributed by atoms with E-state index in [9.17, 15) is 0 Å². The van der Waals surface area contributed by atoms with Crippen LogP contribution in [-0.4, -0.2) is 19.5 Å². The van der Waals surface area contributed by atoms with Gasteiger partial charge in [0.05, 0.1) is 12.8 Å². The van der Waals surface area contributed by atoms with E-state index in [0.717, 1.165) is 5.56 Å². The average molecular weight is 271 g/mol. The van der Waals surface area contributed by atoms with Gasteiger partial charge in [0, 0.05) is 12.4 Å². The van der Waals surface area contributed by atoms with E-state index >= 15 is 0 Å². The Hall–Kier alpha value is -2.64. The van der Waals surface area contributed by atoms with Crippen LogP contribution in [0.15, 0.2) is 42.9 Å². The van der Waals surface area contributed by atoms with Crippen LogP contribution in [0, 0.1) is 0 Å². The second-order valence-electron chi connectivity index (χ2n) is 4.14. The molecule has 3 aromatic rings. The van der Waals surface area contributed by atoms with Gasteiger partial charge in [-0.05, 0) is 17.7 Å². The maximum Gasteiger partial charge on any atom is 0.265 e. The Morgan fingerprint density at radius 3 is 3.10 bits per heavy atom. The maximum absolute atomic E-state index is 9.13. The molecule has 3 rings (SSSR count). The topological polar surface area (TPSA) is 97.7 Å². The lowest BCUT2D eigenvalue weighted by Gasteiger charge is -2.09. The van der Waals surface area contributed by atoms with Crippen molar-refractivity contribution in [2.75, 3.05) is 5.43 Å². The Bertz CT molecular complexity index is 740. The third kappa shape index (κ3) is 2.27. The molecule has 0 aliphatic carbocycles. The number of fused-ring (bicyclic) bond motifs is 1. The first-order valence-corrected chi connectivity index (χ1v) is 5.98. The quantitative estimate of drug-likeness (QED) is 0.489. The molecular weight excluding hydrogens is 258 g/mol. The number of hydrazine groups is 1. The van der Waals surface area contributed by atoms with Crippen molar-refractivity contribution in [3.63, 3.8) is 0 Å². The predicted molar refractivity (Wildman–Crippen MR) is 73.2 cm³/mol. The van der Waals surface area contributed by atoms with E-state index in [1.165, 1.54) is 0 Å². The number of nitrogens with zero attached hydrogens (tertiary/aromatic N) is 3. The summed E-state index contributed by atoms with van der Waals surface area (Å²) in [6.45, 7) is -0.0478. The number of nitrogens with two attached hydrogens (primary N) is 1. The molecule has 7 nitrogen and oxygen atoms in total. The van der Waals surface area contributed by atoms with E-state index in [2.05, 4.69) is 15.4 Å². The van der Waals surface area contributed by atoms with E-state index in [1.54, 1.807) is 41.2 Å². The summed E-state index contributed by atoms with van der Waals surface area (Å²) in [5, 5.41) is 9.13. The van der Waals surface area contributed by atoms with Crippen LogP contribution < -0.4 is 16.0 Å². The summed E-state index contributed by atoms with van der Waals surface area (Å²) >= 11 is 0. The van der Waals surface area contributed by atoms with Crippen molar-refractivity contribution in [1.29, 1.82) is 0 Å². The molecule has 0 amide bonds. The zero-order valence-electron chi connectivity index (χ0n) is 10.5. The van der Waals surface area contributed by atoms with Crippen LogP contribution in [0.2, 0.25) is 0 Å². The molecule has 0 spiro atoms. The first-order valence-electron chi connectivity index (χ1n) is 5.98. The van der Waals surface area contributed by atoms with Crippen molar-refractivity contribution in [3.8, 4) is 11.6 Å². The van der Waals surface area contributed by atoms with Gasteiger partial charge in [-0.15, -0.1) is 0 Å². The fourth-order valence-electron chi connectivity index (χ4n) is 1.86. The zero-order valence-corrected chi connectivity index (χ0v) is 10.5. The molecule has 0 unspecified atom stereocenters. The highest BCUT2D eigenvalue weighted by atomic mass is 16.5. The molecule has 1 aromatic carbocycles. The van der Waals surface area contributed by atoms with Crippen LogP contribution in [0.1, 0.15) is 5.56 Å². The number of hydrogen-bond acceptors (Lipinski definition) is 6. The Morgan fingerprint density at radius 1 is 1.40 bits per heavy atom. The maximum atomic E-state index is 9.13. The van der Waals surface area contributed by atoms with Crippen molar-refractivity contribution in [3.05, 3.63) is 48.4 Å². The molecule has 20 heavy (non-hydrogen) atoms. The Labute approximate surface area is 114 Å². The average Bonchev–Trinajstić information content (AvgIpc) is 2.96. The van der Waals surface area contributed by atoms with Crippen molar-refractivity contribution in [1.82, 2.24) is 14.4 Å². The van der Waals surface area contributed by atoms with Crippen molar-refractivity contribution >= 4 is 11.5 Å². The van der Waals surface area contributed by atoms with E-state index in [-0.39, 0.29) is 6.61 Å². The number of anilines is 1. The third-order valence-electron chi connectivity index (χ3n) is 2.79. The van der Waals surface area contributed by atoms with Gasteiger partial charge in [-0.2, -0.15) is 4.98 Å². The minimum absolute atomic E-state index is 0.0478. The SMILES string of the molecule is NNc1cn2ccnc2c(Oc2cccc(CO)c2)n1. The van der Waals surface area contributed by atoms with Gasteiger partial charge in [-0.1, -0.05) is 12.1 Å². The summed E-state index contributed by atoms with van der Waals surface area (Å²) in [7, 11) is 0. The van der Waals surface area contributed by atoms with Crippen LogP contribution >= 0.6 is 0 Å². The first kappa shape index (κ1) is 12.4. The molecule has 0 fully saturated rings. The number of aromatic nitrogens is 3. The van der Waals surface area contributed by atoms with Gasteiger partial charge in [-0.3, -0.25) is 4.40 Å². The number of rotatable bonds is 4. The molecule has 0 radical (unpaired) electrons. The van der Waals surface area contributed by atoms with Gasteiger partial charge in [0.2, 0.25) is 5.65 Å². The molecule has 0 bridgehead atoms. The smallest absolute Gasteiger partial charge is 0.265 e. The van der Waals surface area contributed by atoms with Crippen molar-refractivity contribution in [2.45, 2.75) is 6.61 Å². The van der Waals surface area contributed by atoms with Crippen molar-refractivity contribution < 1.29 is 9.84 Å². The van der Waals surface area contributed by atoms with Gasteiger partial charge < -0.3 is 15.3 Å². The number of aliphatic hydroxyl groups excluding tert-OH is 1. The molecule has 7 heteroatoms. The Morgan fingerprint density at radius 2 is 2.30 bits per heavy atom. The van der Waals surface area contributed by atoms with E-state index in [4.69, 9.17) is 15.7 Å². The van der Waals surface area contributed by atoms with Gasteiger partial charge in [-0.25, -0.2) is 10.8 Å². The van der Waals surface area contributed by atoms with E-state index in [0.29, 0.717) is 23.1 Å². The highest BCUT2D eigenvalue weighted by Gasteiger charge is 2.09. The lowest BCUT2D eigenvalue weighted by Crippen LogP contribution is -2.10. The normalized spacial score (nSPS) is 10.7. The molecule has 102 valence electrons. The number of nitrogens with one attached hydrogen (secondary N) is 1. The number of aliphatic hydroxyl groups is 1.